The van der Waals surface area contributed by atoms with E-state index >= 15 is 0 Å². The number of anilines is 1. The molecular formula is C31H38ClN3O5S. The van der Waals surface area contributed by atoms with Crippen LogP contribution in [0.5, 0.6) is 5.75 Å². The van der Waals surface area contributed by atoms with E-state index in [0.29, 0.717) is 29.4 Å². The van der Waals surface area contributed by atoms with E-state index in [1.165, 1.54) is 11.4 Å². The minimum atomic E-state index is -3.60. The van der Waals surface area contributed by atoms with Crippen molar-refractivity contribution in [2.75, 3.05) is 30.8 Å². The van der Waals surface area contributed by atoms with Gasteiger partial charge < -0.3 is 15.0 Å². The molecule has 3 aromatic rings. The molecule has 0 aliphatic heterocycles. The maximum Gasteiger partial charge on any atom is 0.243 e. The van der Waals surface area contributed by atoms with E-state index in [9.17, 15) is 18.0 Å². The van der Waals surface area contributed by atoms with Crippen LogP contribution in [0.25, 0.3) is 0 Å². The summed E-state index contributed by atoms with van der Waals surface area (Å²) >= 11 is 6.47. The summed E-state index contributed by atoms with van der Waals surface area (Å²) in [6, 6.07) is 22.7. The number of halogens is 1. The molecule has 10 heteroatoms. The highest BCUT2D eigenvalue weighted by molar-refractivity contribution is 7.92. The van der Waals surface area contributed by atoms with Crippen LogP contribution in [0, 0.1) is 0 Å². The minimum absolute atomic E-state index is 0.0406. The van der Waals surface area contributed by atoms with Crippen molar-refractivity contribution >= 4 is 39.1 Å². The first-order valence-corrected chi connectivity index (χ1v) is 15.8. The summed E-state index contributed by atoms with van der Waals surface area (Å²) in [7, 11) is -2.07. The Hall–Kier alpha value is -3.56. The highest BCUT2D eigenvalue weighted by Gasteiger charge is 2.30. The van der Waals surface area contributed by atoms with Gasteiger partial charge in [-0.1, -0.05) is 67.1 Å². The molecule has 0 heterocycles. The molecule has 2 amide bonds. The lowest BCUT2D eigenvalue weighted by atomic mass is 10.0. The molecule has 220 valence electrons. The zero-order chi connectivity index (χ0) is 29.8. The fraction of sp³-hybridized carbons (Fsp3) is 0.355. The summed E-state index contributed by atoms with van der Waals surface area (Å²) in [5, 5.41) is 3.45. The molecule has 0 bridgehead atoms. The van der Waals surface area contributed by atoms with Crippen molar-refractivity contribution in [1.82, 2.24) is 10.2 Å². The highest BCUT2D eigenvalue weighted by Crippen LogP contribution is 2.24. The fourth-order valence-corrected chi connectivity index (χ4v) is 5.64. The van der Waals surface area contributed by atoms with Gasteiger partial charge in [0.25, 0.3) is 0 Å². The molecule has 0 unspecified atom stereocenters. The van der Waals surface area contributed by atoms with Crippen LogP contribution in [-0.4, -0.2) is 57.6 Å². The van der Waals surface area contributed by atoms with E-state index in [1.807, 2.05) is 55.5 Å². The molecule has 1 atom stereocenters. The zero-order valence-electron chi connectivity index (χ0n) is 23.8. The van der Waals surface area contributed by atoms with Crippen LogP contribution in [0.1, 0.15) is 37.3 Å². The van der Waals surface area contributed by atoms with Gasteiger partial charge in [-0.05, 0) is 54.3 Å². The first kappa shape index (κ1) is 32.0. The average molecular weight is 600 g/mol. The molecule has 0 spiro atoms. The quantitative estimate of drug-likeness (QED) is 0.263. The number of benzene rings is 3. The lowest BCUT2D eigenvalue weighted by Gasteiger charge is -2.32. The van der Waals surface area contributed by atoms with Crippen LogP contribution >= 0.6 is 11.6 Å². The smallest absolute Gasteiger partial charge is 0.243 e. The van der Waals surface area contributed by atoms with Crippen molar-refractivity contribution in [2.24, 2.45) is 0 Å². The lowest BCUT2D eigenvalue weighted by molar-refractivity contribution is -0.141. The summed E-state index contributed by atoms with van der Waals surface area (Å²) in [5.74, 6) is 0.103. The molecule has 8 nitrogen and oxygen atoms in total. The van der Waals surface area contributed by atoms with Crippen molar-refractivity contribution in [3.05, 3.63) is 95.0 Å². The first-order chi connectivity index (χ1) is 19.6. The van der Waals surface area contributed by atoms with Crippen molar-refractivity contribution < 1.29 is 22.7 Å². The van der Waals surface area contributed by atoms with Gasteiger partial charge in [0.1, 0.15) is 11.8 Å². The molecule has 0 radical (unpaired) electrons. The Labute approximate surface area is 248 Å². The molecule has 0 saturated carbocycles. The zero-order valence-corrected chi connectivity index (χ0v) is 25.3. The van der Waals surface area contributed by atoms with E-state index in [0.717, 1.165) is 23.8 Å². The SMILES string of the molecule is CCCNC(=O)[C@@H](Cc1ccccc1)N(Cc1ccccc1Cl)C(=O)CCCN(c1ccc(OC)cc1)S(C)(=O)=O. The topological polar surface area (TPSA) is 96.0 Å². The maximum absolute atomic E-state index is 13.8. The molecule has 0 saturated heterocycles. The lowest BCUT2D eigenvalue weighted by Crippen LogP contribution is -2.50. The van der Waals surface area contributed by atoms with Gasteiger partial charge in [0, 0.05) is 37.5 Å². The number of amides is 2. The van der Waals surface area contributed by atoms with Crippen molar-refractivity contribution in [1.29, 1.82) is 0 Å². The predicted molar refractivity (Wildman–Crippen MR) is 164 cm³/mol. The number of carbonyl (C=O) groups excluding carboxylic acids is 2. The molecule has 1 N–H and O–H groups in total. The number of hydrogen-bond acceptors (Lipinski definition) is 5. The Kier molecular flexibility index (Phi) is 12.0. The maximum atomic E-state index is 13.8. The number of sulfonamides is 1. The molecule has 0 aliphatic rings. The number of rotatable bonds is 15. The highest BCUT2D eigenvalue weighted by atomic mass is 35.5. The number of nitrogens with one attached hydrogen (secondary N) is 1. The molecular weight excluding hydrogens is 562 g/mol. The number of hydrogen-bond donors (Lipinski definition) is 1. The monoisotopic (exact) mass is 599 g/mol. The van der Waals surface area contributed by atoms with Crippen LogP contribution in [-0.2, 0) is 32.6 Å². The minimum Gasteiger partial charge on any atom is -0.497 e. The standard InChI is InChI=1S/C31H38ClN3O5S/c1-4-20-33-31(37)29(22-24-11-6-5-7-12-24)34(23-25-13-8-9-14-28(25)32)30(36)15-10-21-35(41(3,38)39)26-16-18-27(40-2)19-17-26/h5-9,11-14,16-19,29H,4,10,15,20-23H2,1-3H3,(H,33,37)/t29-/m1/s1. The molecule has 41 heavy (non-hydrogen) atoms. The second-order valence-corrected chi connectivity index (χ2v) is 12.1. The van der Waals surface area contributed by atoms with E-state index < -0.39 is 16.1 Å². The summed E-state index contributed by atoms with van der Waals surface area (Å²) in [6.07, 6.45) is 2.52. The van der Waals surface area contributed by atoms with Gasteiger partial charge in [-0.25, -0.2) is 8.42 Å². The number of nitrogens with zero attached hydrogens (tertiary/aromatic N) is 2. The van der Waals surface area contributed by atoms with E-state index in [1.54, 1.807) is 35.2 Å². The molecule has 3 rings (SSSR count). The second kappa shape index (κ2) is 15.4. The number of ether oxygens (including phenoxy) is 1. The van der Waals surface area contributed by atoms with E-state index in [-0.39, 0.29) is 37.7 Å². The van der Waals surface area contributed by atoms with Gasteiger partial charge >= 0.3 is 0 Å². The van der Waals surface area contributed by atoms with E-state index in [2.05, 4.69) is 5.32 Å². The molecule has 0 fully saturated rings. The van der Waals surface area contributed by atoms with Crippen molar-refractivity contribution in [3.8, 4) is 5.75 Å². The van der Waals surface area contributed by atoms with E-state index in [4.69, 9.17) is 16.3 Å². The summed E-state index contributed by atoms with van der Waals surface area (Å²) in [5.41, 5.74) is 2.12. The predicted octanol–water partition coefficient (Wildman–Crippen LogP) is 5.06. The van der Waals surface area contributed by atoms with Gasteiger partial charge in [0.05, 0.1) is 19.1 Å². The van der Waals surface area contributed by atoms with Crippen LogP contribution in [0.2, 0.25) is 5.02 Å². The first-order valence-electron chi connectivity index (χ1n) is 13.6. The van der Waals surface area contributed by atoms with Crippen molar-refractivity contribution in [3.63, 3.8) is 0 Å². The van der Waals surface area contributed by atoms with Gasteiger partial charge in [-0.15, -0.1) is 0 Å². The van der Waals surface area contributed by atoms with Gasteiger partial charge in [-0.2, -0.15) is 0 Å². The molecule has 0 aliphatic carbocycles. The Balaban J connectivity index is 1.87. The second-order valence-electron chi connectivity index (χ2n) is 9.75. The normalized spacial score (nSPS) is 11.9. The number of methoxy groups -OCH3 is 1. The summed E-state index contributed by atoms with van der Waals surface area (Å²) in [6.45, 7) is 2.70. The third-order valence-electron chi connectivity index (χ3n) is 6.63. The van der Waals surface area contributed by atoms with Gasteiger partial charge in [0.2, 0.25) is 21.8 Å². The Morgan fingerprint density at radius 2 is 1.63 bits per heavy atom. The van der Waals surface area contributed by atoms with Gasteiger partial charge in [-0.3, -0.25) is 13.9 Å². The summed E-state index contributed by atoms with van der Waals surface area (Å²) < 4.78 is 31.7. The third-order valence-corrected chi connectivity index (χ3v) is 8.19. The van der Waals surface area contributed by atoms with Crippen LogP contribution in [0.15, 0.2) is 78.9 Å². The fourth-order valence-electron chi connectivity index (χ4n) is 4.48. The summed E-state index contributed by atoms with van der Waals surface area (Å²) in [4.78, 5) is 28.8. The average Bonchev–Trinajstić information content (AvgIpc) is 2.96. The van der Waals surface area contributed by atoms with Crippen LogP contribution in [0.3, 0.4) is 0 Å². The third kappa shape index (κ3) is 9.50. The van der Waals surface area contributed by atoms with Crippen LogP contribution < -0.4 is 14.4 Å². The Morgan fingerprint density at radius 3 is 2.24 bits per heavy atom. The Bertz CT molecular complexity index is 1380. The molecule has 0 aromatic heterocycles. The molecule has 3 aromatic carbocycles. The number of carbonyl (C=O) groups is 2. The Morgan fingerprint density at radius 1 is 0.976 bits per heavy atom. The largest absolute Gasteiger partial charge is 0.497 e. The van der Waals surface area contributed by atoms with Gasteiger partial charge in [0.15, 0.2) is 0 Å². The van der Waals surface area contributed by atoms with Crippen LogP contribution in [0.4, 0.5) is 5.69 Å². The van der Waals surface area contributed by atoms with Crippen molar-refractivity contribution in [2.45, 2.75) is 45.2 Å².